The van der Waals surface area contributed by atoms with Crippen molar-refractivity contribution in [2.75, 3.05) is 19.6 Å². The van der Waals surface area contributed by atoms with Crippen LogP contribution in [0.5, 0.6) is 0 Å². The number of likely N-dealkylation sites (N-methyl/N-ethyl adjacent to an activating group) is 1. The number of nitrogens with zero attached hydrogens (tertiary/aromatic N) is 3. The zero-order valence-corrected chi connectivity index (χ0v) is 12.9. The Morgan fingerprint density at radius 2 is 2.10 bits per heavy atom. The third-order valence-corrected chi connectivity index (χ3v) is 4.89. The molecule has 4 heteroatoms. The average Bonchev–Trinajstić information content (AvgIpc) is 2.75. The van der Waals surface area contributed by atoms with Gasteiger partial charge in [0.15, 0.2) is 5.78 Å². The normalized spacial score (nSPS) is 26.3. The van der Waals surface area contributed by atoms with E-state index in [1.165, 1.54) is 24.8 Å². The molecular weight excluding hydrogens is 262 g/mol. The lowest BCUT2D eigenvalue weighted by atomic mass is 9.88. The molecule has 0 spiro atoms. The van der Waals surface area contributed by atoms with Crippen molar-refractivity contribution in [3.63, 3.8) is 0 Å². The lowest BCUT2D eigenvalue weighted by Crippen LogP contribution is -2.67. The van der Waals surface area contributed by atoms with E-state index in [2.05, 4.69) is 33.8 Å². The molecule has 1 aromatic heterocycles. The highest BCUT2D eigenvalue weighted by Crippen LogP contribution is 2.30. The molecule has 0 aliphatic carbocycles. The maximum atomic E-state index is 12.4. The Morgan fingerprint density at radius 3 is 2.86 bits per heavy atom. The molecule has 1 aromatic rings. The first kappa shape index (κ1) is 14.7. The summed E-state index contributed by atoms with van der Waals surface area (Å²) in [5.74, 6) is 0.477. The topological polar surface area (TPSA) is 36.4 Å². The van der Waals surface area contributed by atoms with Crippen LogP contribution in [0, 0.1) is 0 Å². The van der Waals surface area contributed by atoms with Crippen LogP contribution >= 0.6 is 0 Å². The first-order valence-electron chi connectivity index (χ1n) is 8.20. The third-order valence-electron chi connectivity index (χ3n) is 4.89. The largest absolute Gasteiger partial charge is 0.297 e. The Morgan fingerprint density at radius 1 is 1.29 bits per heavy atom. The summed E-state index contributed by atoms with van der Waals surface area (Å²) in [5, 5.41) is 0. The Kier molecular flexibility index (Phi) is 4.66. The van der Waals surface area contributed by atoms with E-state index < -0.39 is 0 Å². The van der Waals surface area contributed by atoms with Crippen LogP contribution in [0.25, 0.3) is 0 Å². The molecule has 0 radical (unpaired) electrons. The second-order valence-electron chi connectivity index (χ2n) is 6.20. The zero-order chi connectivity index (χ0) is 14.7. The van der Waals surface area contributed by atoms with Crippen molar-refractivity contribution < 1.29 is 4.79 Å². The summed E-state index contributed by atoms with van der Waals surface area (Å²) in [6.45, 7) is 6.03. The van der Waals surface area contributed by atoms with Crippen LogP contribution in [-0.2, 0) is 11.3 Å². The van der Waals surface area contributed by atoms with Crippen molar-refractivity contribution >= 4 is 5.78 Å². The van der Waals surface area contributed by atoms with E-state index in [1.807, 2.05) is 12.4 Å². The number of hydrogen-bond acceptors (Lipinski definition) is 4. The van der Waals surface area contributed by atoms with Crippen molar-refractivity contribution in [1.29, 1.82) is 0 Å². The number of rotatable bonds is 5. The molecule has 3 heterocycles. The number of hydrogen-bond donors (Lipinski definition) is 0. The van der Waals surface area contributed by atoms with E-state index in [-0.39, 0.29) is 12.1 Å². The molecule has 0 bridgehead atoms. The van der Waals surface area contributed by atoms with Gasteiger partial charge in [-0.1, -0.05) is 19.8 Å². The number of carbonyl (C=O) groups excluding carboxylic acids is 1. The van der Waals surface area contributed by atoms with Gasteiger partial charge in [0, 0.05) is 25.5 Å². The SMILES string of the molecule is CCN(Cc1ccncc1)CC1C(=O)C2CCCCCN21. The molecule has 0 N–H and O–H groups in total. The second kappa shape index (κ2) is 6.67. The summed E-state index contributed by atoms with van der Waals surface area (Å²) in [7, 11) is 0. The number of pyridine rings is 1. The summed E-state index contributed by atoms with van der Waals surface area (Å²) < 4.78 is 0. The van der Waals surface area contributed by atoms with Gasteiger partial charge in [-0.25, -0.2) is 0 Å². The highest BCUT2D eigenvalue weighted by atomic mass is 16.1. The van der Waals surface area contributed by atoms with E-state index in [9.17, 15) is 4.79 Å². The highest BCUT2D eigenvalue weighted by Gasteiger charge is 2.47. The zero-order valence-electron chi connectivity index (χ0n) is 12.9. The summed E-state index contributed by atoms with van der Waals surface area (Å²) in [6, 6.07) is 4.48. The van der Waals surface area contributed by atoms with Crippen molar-refractivity contribution in [2.24, 2.45) is 0 Å². The van der Waals surface area contributed by atoms with E-state index >= 15 is 0 Å². The third kappa shape index (κ3) is 3.16. The van der Waals surface area contributed by atoms with E-state index in [4.69, 9.17) is 0 Å². The van der Waals surface area contributed by atoms with Gasteiger partial charge < -0.3 is 0 Å². The van der Waals surface area contributed by atoms with E-state index in [0.29, 0.717) is 5.78 Å². The quantitative estimate of drug-likeness (QED) is 0.831. The molecule has 2 saturated heterocycles. The number of fused-ring (bicyclic) bond motifs is 1. The fourth-order valence-corrected chi connectivity index (χ4v) is 3.60. The van der Waals surface area contributed by atoms with Gasteiger partial charge >= 0.3 is 0 Å². The van der Waals surface area contributed by atoms with Gasteiger partial charge in [-0.05, 0) is 43.6 Å². The van der Waals surface area contributed by atoms with Crippen molar-refractivity contribution in [1.82, 2.24) is 14.8 Å². The van der Waals surface area contributed by atoms with E-state index in [0.717, 1.165) is 32.6 Å². The van der Waals surface area contributed by atoms with Crippen molar-refractivity contribution in [2.45, 2.75) is 51.2 Å². The summed E-state index contributed by atoms with van der Waals surface area (Å²) >= 11 is 0. The van der Waals surface area contributed by atoms with Gasteiger partial charge in [-0.3, -0.25) is 19.6 Å². The molecule has 2 atom stereocenters. The Bertz CT molecular complexity index is 476. The predicted octanol–water partition coefficient (Wildman–Crippen LogP) is 2.10. The minimum absolute atomic E-state index is 0.134. The molecule has 2 fully saturated rings. The lowest BCUT2D eigenvalue weighted by molar-refractivity contribution is -0.146. The fourth-order valence-electron chi connectivity index (χ4n) is 3.60. The summed E-state index contributed by atoms with van der Waals surface area (Å²) in [5.41, 5.74) is 1.27. The number of Topliss-reactive ketones (excluding diaryl/α,β-unsaturated/α-hetero) is 1. The monoisotopic (exact) mass is 287 g/mol. The lowest BCUT2D eigenvalue weighted by Gasteiger charge is -2.47. The average molecular weight is 287 g/mol. The number of aromatic nitrogens is 1. The van der Waals surface area contributed by atoms with E-state index in [1.54, 1.807) is 0 Å². The van der Waals surface area contributed by atoms with Gasteiger partial charge in [0.2, 0.25) is 0 Å². The highest BCUT2D eigenvalue weighted by molar-refractivity contribution is 5.95. The van der Waals surface area contributed by atoms with Crippen LogP contribution in [0.4, 0.5) is 0 Å². The van der Waals surface area contributed by atoms with Crippen LogP contribution in [0.15, 0.2) is 24.5 Å². The van der Waals surface area contributed by atoms with Crippen LogP contribution in [0.2, 0.25) is 0 Å². The van der Waals surface area contributed by atoms with Gasteiger partial charge in [-0.2, -0.15) is 0 Å². The molecule has 4 nitrogen and oxygen atoms in total. The second-order valence-corrected chi connectivity index (χ2v) is 6.20. The molecule has 3 rings (SSSR count). The molecule has 2 aliphatic rings. The number of ketones is 1. The molecule has 2 aliphatic heterocycles. The minimum atomic E-state index is 0.134. The fraction of sp³-hybridized carbons (Fsp3) is 0.647. The maximum absolute atomic E-state index is 12.4. The summed E-state index contributed by atoms with van der Waals surface area (Å²) in [4.78, 5) is 21.3. The summed E-state index contributed by atoms with van der Waals surface area (Å²) in [6.07, 6.45) is 8.49. The van der Waals surface area contributed by atoms with Crippen molar-refractivity contribution in [3.05, 3.63) is 30.1 Å². The number of carbonyl (C=O) groups is 1. The smallest absolute Gasteiger partial charge is 0.168 e. The molecule has 0 amide bonds. The first-order chi connectivity index (χ1) is 10.3. The van der Waals surface area contributed by atoms with Gasteiger partial charge in [0.25, 0.3) is 0 Å². The molecule has 2 unspecified atom stereocenters. The molecular formula is C17H25N3O. The Labute approximate surface area is 127 Å². The van der Waals surface area contributed by atoms with Crippen LogP contribution < -0.4 is 0 Å². The first-order valence-corrected chi connectivity index (χ1v) is 8.20. The Balaban J connectivity index is 1.60. The predicted molar refractivity (Wildman–Crippen MR) is 82.9 cm³/mol. The maximum Gasteiger partial charge on any atom is 0.168 e. The van der Waals surface area contributed by atoms with Crippen molar-refractivity contribution in [3.8, 4) is 0 Å². The molecule has 0 saturated carbocycles. The van der Waals surface area contributed by atoms with Gasteiger partial charge in [0.05, 0.1) is 12.1 Å². The van der Waals surface area contributed by atoms with Crippen LogP contribution in [0.3, 0.4) is 0 Å². The van der Waals surface area contributed by atoms with Gasteiger partial charge in [0.1, 0.15) is 0 Å². The van der Waals surface area contributed by atoms with Gasteiger partial charge in [-0.15, -0.1) is 0 Å². The van der Waals surface area contributed by atoms with Crippen LogP contribution in [-0.4, -0.2) is 52.3 Å². The molecule has 114 valence electrons. The molecule has 21 heavy (non-hydrogen) atoms. The molecule has 0 aromatic carbocycles. The standard InChI is InChI=1S/C17H25N3O/c1-2-19(12-14-7-9-18-10-8-14)13-16-17(21)15-6-4-3-5-11-20(15)16/h7-10,15-16H,2-6,11-13H2,1H3. The Hall–Kier alpha value is -1.26. The van der Waals surface area contributed by atoms with Crippen LogP contribution in [0.1, 0.15) is 38.2 Å². The minimum Gasteiger partial charge on any atom is -0.297 e.